The first-order valence-corrected chi connectivity index (χ1v) is 4.83. The highest BCUT2D eigenvalue weighted by Crippen LogP contribution is 2.16. The van der Waals surface area contributed by atoms with Gasteiger partial charge in [-0.25, -0.2) is 9.67 Å². The lowest BCUT2D eigenvalue weighted by Crippen LogP contribution is -2.12. The topological polar surface area (TPSA) is 39.9 Å². The van der Waals surface area contributed by atoms with Gasteiger partial charge in [0.2, 0.25) is 0 Å². The Morgan fingerprint density at radius 2 is 2.00 bits per heavy atom. The zero-order chi connectivity index (χ0) is 10.7. The van der Waals surface area contributed by atoms with Crippen molar-refractivity contribution < 1.29 is 4.74 Å². The van der Waals surface area contributed by atoms with Gasteiger partial charge in [0.15, 0.2) is 6.23 Å². The van der Waals surface area contributed by atoms with Crippen LogP contribution in [0.2, 0.25) is 0 Å². The Morgan fingerprint density at radius 3 is 2.60 bits per heavy atom. The number of rotatable bonds is 3. The van der Waals surface area contributed by atoms with Gasteiger partial charge in [0.1, 0.15) is 18.4 Å². The molecule has 1 heterocycles. The Bertz CT molecular complexity index is 408. The Hall–Kier alpha value is -1.84. The molecule has 1 unspecified atom stereocenters. The van der Waals surface area contributed by atoms with E-state index in [1.807, 2.05) is 38.1 Å². The highest BCUT2D eigenvalue weighted by molar-refractivity contribution is 5.26. The first-order valence-electron chi connectivity index (χ1n) is 4.83. The smallest absolute Gasteiger partial charge is 0.190 e. The van der Waals surface area contributed by atoms with Crippen molar-refractivity contribution in [1.82, 2.24) is 14.8 Å². The minimum absolute atomic E-state index is 0.143. The fraction of sp³-hybridized carbons (Fsp3) is 0.273. The van der Waals surface area contributed by atoms with Gasteiger partial charge in [-0.1, -0.05) is 17.7 Å². The number of ether oxygens (including phenoxy) is 1. The lowest BCUT2D eigenvalue weighted by Gasteiger charge is -2.14. The molecule has 0 spiro atoms. The van der Waals surface area contributed by atoms with E-state index in [0.29, 0.717) is 0 Å². The van der Waals surface area contributed by atoms with E-state index in [4.69, 9.17) is 4.74 Å². The first-order chi connectivity index (χ1) is 7.25. The van der Waals surface area contributed by atoms with Crippen molar-refractivity contribution in [3.05, 3.63) is 42.5 Å². The van der Waals surface area contributed by atoms with Crippen molar-refractivity contribution in [3.8, 4) is 5.75 Å². The monoisotopic (exact) mass is 203 g/mol. The average molecular weight is 203 g/mol. The number of nitrogens with zero attached hydrogens (tertiary/aromatic N) is 3. The summed E-state index contributed by atoms with van der Waals surface area (Å²) < 4.78 is 7.34. The molecule has 0 aliphatic rings. The summed E-state index contributed by atoms with van der Waals surface area (Å²) in [6, 6.07) is 7.93. The number of aromatic nitrogens is 3. The van der Waals surface area contributed by atoms with Crippen LogP contribution in [-0.4, -0.2) is 14.8 Å². The fourth-order valence-electron chi connectivity index (χ4n) is 1.27. The summed E-state index contributed by atoms with van der Waals surface area (Å²) in [6.45, 7) is 3.97. The molecular formula is C11H13N3O. The molecule has 0 bridgehead atoms. The molecule has 1 aromatic carbocycles. The van der Waals surface area contributed by atoms with E-state index in [1.165, 1.54) is 11.9 Å². The van der Waals surface area contributed by atoms with E-state index in [1.54, 1.807) is 11.0 Å². The Morgan fingerprint density at radius 1 is 1.27 bits per heavy atom. The minimum Gasteiger partial charge on any atom is -0.469 e. The molecule has 0 N–H and O–H groups in total. The maximum Gasteiger partial charge on any atom is 0.190 e. The van der Waals surface area contributed by atoms with Crippen LogP contribution in [0.25, 0.3) is 0 Å². The summed E-state index contributed by atoms with van der Waals surface area (Å²) in [5, 5.41) is 4.01. The van der Waals surface area contributed by atoms with Gasteiger partial charge >= 0.3 is 0 Å². The zero-order valence-electron chi connectivity index (χ0n) is 8.79. The van der Waals surface area contributed by atoms with Crippen molar-refractivity contribution in [2.24, 2.45) is 0 Å². The number of aryl methyl sites for hydroxylation is 1. The number of hydrogen-bond acceptors (Lipinski definition) is 3. The van der Waals surface area contributed by atoms with E-state index >= 15 is 0 Å². The summed E-state index contributed by atoms with van der Waals surface area (Å²) in [4.78, 5) is 3.87. The van der Waals surface area contributed by atoms with Gasteiger partial charge in [-0.15, -0.1) is 0 Å². The summed E-state index contributed by atoms with van der Waals surface area (Å²) >= 11 is 0. The molecular weight excluding hydrogens is 190 g/mol. The Kier molecular flexibility index (Phi) is 2.67. The summed E-state index contributed by atoms with van der Waals surface area (Å²) in [5.74, 6) is 0.837. The highest BCUT2D eigenvalue weighted by atomic mass is 16.5. The maximum absolute atomic E-state index is 5.67. The minimum atomic E-state index is -0.143. The molecule has 0 saturated heterocycles. The normalized spacial score (nSPS) is 12.4. The highest BCUT2D eigenvalue weighted by Gasteiger charge is 2.05. The molecule has 0 amide bonds. The number of hydrogen-bond donors (Lipinski definition) is 0. The molecule has 15 heavy (non-hydrogen) atoms. The maximum atomic E-state index is 5.67. The van der Waals surface area contributed by atoms with Gasteiger partial charge in [0.05, 0.1) is 0 Å². The van der Waals surface area contributed by atoms with Crippen LogP contribution in [0.4, 0.5) is 0 Å². The molecule has 2 rings (SSSR count). The van der Waals surface area contributed by atoms with Crippen LogP contribution in [-0.2, 0) is 0 Å². The van der Waals surface area contributed by atoms with E-state index in [0.717, 1.165) is 5.75 Å². The van der Waals surface area contributed by atoms with Crippen molar-refractivity contribution >= 4 is 0 Å². The van der Waals surface area contributed by atoms with Crippen LogP contribution in [0.5, 0.6) is 5.75 Å². The zero-order valence-corrected chi connectivity index (χ0v) is 8.79. The predicted molar refractivity (Wildman–Crippen MR) is 56.5 cm³/mol. The van der Waals surface area contributed by atoms with Gasteiger partial charge in [-0.2, -0.15) is 5.10 Å². The third kappa shape index (κ3) is 2.34. The van der Waals surface area contributed by atoms with Crippen molar-refractivity contribution in [3.63, 3.8) is 0 Å². The Balaban J connectivity index is 2.06. The van der Waals surface area contributed by atoms with E-state index < -0.39 is 0 Å². The second-order valence-corrected chi connectivity index (χ2v) is 3.41. The molecule has 78 valence electrons. The summed E-state index contributed by atoms with van der Waals surface area (Å²) in [5.41, 5.74) is 1.22. The van der Waals surface area contributed by atoms with Crippen LogP contribution < -0.4 is 4.74 Å². The molecule has 1 aromatic heterocycles. The standard InChI is InChI=1S/C11H13N3O/c1-9-3-5-11(6-4-9)15-10(2)14-8-12-7-13-14/h3-8,10H,1-2H3. The Labute approximate surface area is 88.5 Å². The molecule has 2 aromatic rings. The average Bonchev–Trinajstić information content (AvgIpc) is 2.74. The largest absolute Gasteiger partial charge is 0.469 e. The van der Waals surface area contributed by atoms with Crippen LogP contribution >= 0.6 is 0 Å². The van der Waals surface area contributed by atoms with Crippen LogP contribution in [0.3, 0.4) is 0 Å². The second-order valence-electron chi connectivity index (χ2n) is 3.41. The van der Waals surface area contributed by atoms with Gasteiger partial charge in [0.25, 0.3) is 0 Å². The third-order valence-electron chi connectivity index (χ3n) is 2.14. The molecule has 0 saturated carbocycles. The van der Waals surface area contributed by atoms with Gasteiger partial charge in [0, 0.05) is 0 Å². The molecule has 1 atom stereocenters. The van der Waals surface area contributed by atoms with E-state index in [-0.39, 0.29) is 6.23 Å². The molecule has 0 aliphatic carbocycles. The van der Waals surface area contributed by atoms with Crippen LogP contribution in [0, 0.1) is 6.92 Å². The lowest BCUT2D eigenvalue weighted by atomic mass is 10.2. The van der Waals surface area contributed by atoms with Crippen molar-refractivity contribution in [1.29, 1.82) is 0 Å². The van der Waals surface area contributed by atoms with E-state index in [9.17, 15) is 0 Å². The molecule has 4 heteroatoms. The van der Waals surface area contributed by atoms with Gasteiger partial charge in [-0.05, 0) is 26.0 Å². The number of benzene rings is 1. The van der Waals surface area contributed by atoms with Gasteiger partial charge in [-0.3, -0.25) is 0 Å². The second kappa shape index (κ2) is 4.13. The van der Waals surface area contributed by atoms with Crippen molar-refractivity contribution in [2.75, 3.05) is 0 Å². The quantitative estimate of drug-likeness (QED) is 0.767. The van der Waals surface area contributed by atoms with Crippen LogP contribution in [0.1, 0.15) is 18.7 Å². The lowest BCUT2D eigenvalue weighted by molar-refractivity contribution is 0.137. The van der Waals surface area contributed by atoms with Crippen molar-refractivity contribution in [2.45, 2.75) is 20.1 Å². The first kappa shape index (κ1) is 9.71. The predicted octanol–water partition coefficient (Wildman–Crippen LogP) is 2.18. The molecule has 4 nitrogen and oxygen atoms in total. The van der Waals surface area contributed by atoms with Crippen LogP contribution in [0.15, 0.2) is 36.9 Å². The SMILES string of the molecule is Cc1ccc(OC(C)n2cncn2)cc1. The third-order valence-corrected chi connectivity index (χ3v) is 2.14. The summed E-state index contributed by atoms with van der Waals surface area (Å²) in [6.07, 6.45) is 2.99. The summed E-state index contributed by atoms with van der Waals surface area (Å²) in [7, 11) is 0. The van der Waals surface area contributed by atoms with Gasteiger partial charge < -0.3 is 4.74 Å². The molecule has 0 radical (unpaired) electrons. The molecule has 0 aliphatic heterocycles. The van der Waals surface area contributed by atoms with E-state index in [2.05, 4.69) is 10.1 Å². The molecule has 0 fully saturated rings. The fourth-order valence-corrected chi connectivity index (χ4v) is 1.27.